The van der Waals surface area contributed by atoms with Crippen molar-refractivity contribution in [2.24, 2.45) is 0 Å². The maximum atomic E-state index is 12.7. The molecule has 0 rings (SSSR count). The number of phosphoric acid groups is 1. The van der Waals surface area contributed by atoms with E-state index in [9.17, 15) is 19.0 Å². The van der Waals surface area contributed by atoms with Crippen molar-refractivity contribution >= 4 is 19.8 Å². The van der Waals surface area contributed by atoms with Crippen LogP contribution >= 0.6 is 7.82 Å². The number of likely N-dealkylation sites (N-methyl/N-ethyl adjacent to an activating group) is 1. The summed E-state index contributed by atoms with van der Waals surface area (Å²) in [5.74, 6) is -0.844. The number of nitrogens with zero attached hydrogens (tertiary/aromatic N) is 1. The van der Waals surface area contributed by atoms with E-state index in [1.807, 2.05) is 21.1 Å². The molecule has 0 bridgehead atoms. The van der Waals surface area contributed by atoms with Gasteiger partial charge in [-0.2, -0.15) is 0 Å². The van der Waals surface area contributed by atoms with Crippen LogP contribution in [0.5, 0.6) is 0 Å². The molecule has 0 fully saturated rings. The number of unbranched alkanes of at least 4 members (excludes halogenated alkanes) is 15. The predicted molar refractivity (Wildman–Crippen MR) is 233 cm³/mol. The molecule has 0 aliphatic rings. The summed E-state index contributed by atoms with van der Waals surface area (Å²) in [7, 11) is 1.44. The van der Waals surface area contributed by atoms with E-state index >= 15 is 0 Å². The molecule has 0 spiro atoms. The molecule has 2 atom stereocenters. The highest BCUT2D eigenvalue weighted by Gasteiger charge is 2.27. The quantitative estimate of drug-likeness (QED) is 0.0215. The first-order chi connectivity index (χ1) is 27.0. The lowest BCUT2D eigenvalue weighted by atomic mass is 10.1. The number of allylic oxidation sites excluding steroid dienone is 10. The molecule has 10 heteroatoms. The van der Waals surface area contributed by atoms with E-state index in [0.29, 0.717) is 23.9 Å². The third kappa shape index (κ3) is 41.3. The summed E-state index contributed by atoms with van der Waals surface area (Å²) in [6.07, 6.45) is 45.5. The van der Waals surface area contributed by atoms with Crippen molar-refractivity contribution in [1.82, 2.24) is 0 Å². The van der Waals surface area contributed by atoms with Crippen LogP contribution < -0.4 is 0 Å². The Kier molecular flexibility index (Phi) is 36.7. The van der Waals surface area contributed by atoms with Gasteiger partial charge in [-0.05, 0) is 83.5 Å². The molecule has 0 saturated carbocycles. The van der Waals surface area contributed by atoms with Gasteiger partial charge in [-0.3, -0.25) is 18.6 Å². The predicted octanol–water partition coefficient (Wildman–Crippen LogP) is 12.5. The van der Waals surface area contributed by atoms with E-state index in [2.05, 4.69) is 74.6 Å². The maximum Gasteiger partial charge on any atom is 0.472 e. The molecule has 1 unspecified atom stereocenters. The minimum Gasteiger partial charge on any atom is -0.462 e. The van der Waals surface area contributed by atoms with Crippen LogP contribution in [0.3, 0.4) is 0 Å². The number of hydrogen-bond donors (Lipinski definition) is 1. The van der Waals surface area contributed by atoms with Crippen LogP contribution in [0.1, 0.15) is 168 Å². The van der Waals surface area contributed by atoms with Crippen LogP contribution in [0.25, 0.3) is 0 Å². The minimum absolute atomic E-state index is 0.0224. The second-order valence-electron chi connectivity index (χ2n) is 15.7. The Bertz CT molecular complexity index is 1140. The highest BCUT2D eigenvalue weighted by Crippen LogP contribution is 2.43. The van der Waals surface area contributed by atoms with Crippen LogP contribution in [0, 0.1) is 0 Å². The molecule has 56 heavy (non-hydrogen) atoms. The zero-order valence-electron chi connectivity index (χ0n) is 36.3. The van der Waals surface area contributed by atoms with Crippen molar-refractivity contribution in [2.45, 2.75) is 174 Å². The van der Waals surface area contributed by atoms with Crippen molar-refractivity contribution in [1.29, 1.82) is 0 Å². The van der Waals surface area contributed by atoms with E-state index in [0.717, 1.165) is 77.0 Å². The average molecular weight is 809 g/mol. The SMILES string of the molecule is CCCCC/C=C/C/C=C/C/C=C/CCCCCCC(=O)OC[C@H](COP(=O)(O)OCC[N+](C)(C)C)OC(=O)CCCCCCC/C=C/C/C=C/CCCCC. The molecule has 0 aromatic heterocycles. The number of rotatable bonds is 39. The highest BCUT2D eigenvalue weighted by atomic mass is 31.2. The third-order valence-electron chi connectivity index (χ3n) is 9.02. The number of hydrogen-bond acceptors (Lipinski definition) is 7. The van der Waals surface area contributed by atoms with Gasteiger partial charge in [0.05, 0.1) is 27.7 Å². The first-order valence-corrected chi connectivity index (χ1v) is 23.5. The highest BCUT2D eigenvalue weighted by molar-refractivity contribution is 7.47. The van der Waals surface area contributed by atoms with E-state index < -0.39 is 32.5 Å². The Balaban J connectivity index is 4.44. The maximum absolute atomic E-state index is 12.7. The molecule has 0 saturated heterocycles. The van der Waals surface area contributed by atoms with Gasteiger partial charge in [-0.25, -0.2) is 4.57 Å². The summed E-state index contributed by atoms with van der Waals surface area (Å²) in [6.45, 7) is 4.31. The third-order valence-corrected chi connectivity index (χ3v) is 10.0. The number of carbonyl (C=O) groups is 2. The van der Waals surface area contributed by atoms with Gasteiger partial charge < -0.3 is 18.9 Å². The van der Waals surface area contributed by atoms with Crippen molar-refractivity contribution in [3.8, 4) is 0 Å². The van der Waals surface area contributed by atoms with E-state index in [4.69, 9.17) is 18.5 Å². The second kappa shape index (κ2) is 38.2. The van der Waals surface area contributed by atoms with Gasteiger partial charge in [0.1, 0.15) is 19.8 Å². The summed E-state index contributed by atoms with van der Waals surface area (Å²) in [5.41, 5.74) is 0. The fourth-order valence-corrected chi connectivity index (χ4v) is 6.26. The lowest BCUT2D eigenvalue weighted by Crippen LogP contribution is -2.37. The Morgan fingerprint density at radius 1 is 0.554 bits per heavy atom. The monoisotopic (exact) mass is 809 g/mol. The first kappa shape index (κ1) is 53.7. The van der Waals surface area contributed by atoms with E-state index in [1.54, 1.807) is 0 Å². The second-order valence-corrected chi connectivity index (χ2v) is 17.2. The zero-order valence-corrected chi connectivity index (χ0v) is 37.2. The molecule has 1 N–H and O–H groups in total. The lowest BCUT2D eigenvalue weighted by molar-refractivity contribution is -0.870. The minimum atomic E-state index is -4.39. The number of phosphoric ester groups is 1. The van der Waals surface area contributed by atoms with E-state index in [-0.39, 0.29) is 26.1 Å². The summed E-state index contributed by atoms with van der Waals surface area (Å²) in [4.78, 5) is 35.4. The van der Waals surface area contributed by atoms with Crippen molar-refractivity contribution in [3.05, 3.63) is 60.8 Å². The summed E-state index contributed by atoms with van der Waals surface area (Å²) < 4.78 is 34.3. The number of ether oxygens (including phenoxy) is 2. The molecule has 0 radical (unpaired) electrons. The largest absolute Gasteiger partial charge is 0.472 e. The van der Waals surface area contributed by atoms with Gasteiger partial charge in [0, 0.05) is 12.8 Å². The molecule has 324 valence electrons. The number of esters is 2. The summed E-state index contributed by atoms with van der Waals surface area (Å²) in [6, 6.07) is 0. The summed E-state index contributed by atoms with van der Waals surface area (Å²) in [5, 5.41) is 0. The summed E-state index contributed by atoms with van der Waals surface area (Å²) >= 11 is 0. The van der Waals surface area contributed by atoms with E-state index in [1.165, 1.54) is 51.4 Å². The number of carbonyl (C=O) groups excluding carboxylic acids is 2. The molecule has 0 heterocycles. The first-order valence-electron chi connectivity index (χ1n) is 22.0. The molecule has 0 aliphatic heterocycles. The Morgan fingerprint density at radius 3 is 1.43 bits per heavy atom. The molecule has 9 nitrogen and oxygen atoms in total. The molecule has 0 aromatic rings. The molecule has 0 amide bonds. The molecular formula is C46H83NO8P+. The number of quaternary nitrogens is 1. The van der Waals surface area contributed by atoms with Crippen LogP contribution in [0.15, 0.2) is 60.8 Å². The van der Waals surface area contributed by atoms with Crippen molar-refractivity contribution < 1.29 is 42.1 Å². The topological polar surface area (TPSA) is 108 Å². The standard InChI is InChI=1S/C46H82NO8P/c1-6-8-10-12-14-16-18-20-22-23-25-26-28-30-32-34-36-38-45(48)52-42-44(43-54-56(50,51)53-41-40-47(3,4)5)55-46(49)39-37-35-33-31-29-27-24-21-19-17-15-13-11-9-7-2/h14-17,20-22,24-26,44H,6-13,18-19,23,27-43H2,1-5H3/p+1/b16-14+,17-15+,22-20+,24-21+,26-25+/t44-/m1/s1. The van der Waals surface area contributed by atoms with Crippen LogP contribution in [0.2, 0.25) is 0 Å². The van der Waals surface area contributed by atoms with Gasteiger partial charge in [0.15, 0.2) is 6.10 Å². The van der Waals surface area contributed by atoms with Crippen LogP contribution in [-0.2, 0) is 32.7 Å². The normalized spacial score (nSPS) is 14.2. The van der Waals surface area contributed by atoms with Crippen LogP contribution in [-0.4, -0.2) is 74.9 Å². The Hall–Kier alpha value is -2.29. The van der Waals surface area contributed by atoms with Gasteiger partial charge in [0.25, 0.3) is 0 Å². The van der Waals surface area contributed by atoms with Gasteiger partial charge in [0.2, 0.25) is 0 Å². The molecule has 0 aliphatic carbocycles. The zero-order chi connectivity index (χ0) is 41.4. The van der Waals surface area contributed by atoms with Crippen molar-refractivity contribution in [2.75, 3.05) is 47.5 Å². The van der Waals surface area contributed by atoms with Gasteiger partial charge >= 0.3 is 19.8 Å². The lowest BCUT2D eigenvalue weighted by Gasteiger charge is -2.24. The Labute approximate surface area is 343 Å². The fraction of sp³-hybridized carbons (Fsp3) is 0.739. The van der Waals surface area contributed by atoms with Gasteiger partial charge in [-0.15, -0.1) is 0 Å². The van der Waals surface area contributed by atoms with Gasteiger partial charge in [-0.1, -0.05) is 132 Å². The average Bonchev–Trinajstić information content (AvgIpc) is 3.15. The van der Waals surface area contributed by atoms with Crippen molar-refractivity contribution in [3.63, 3.8) is 0 Å². The molecule has 0 aromatic carbocycles. The van der Waals surface area contributed by atoms with Crippen LogP contribution in [0.4, 0.5) is 0 Å². The Morgan fingerprint density at radius 2 is 0.964 bits per heavy atom. The molecular weight excluding hydrogens is 725 g/mol. The fourth-order valence-electron chi connectivity index (χ4n) is 5.52. The smallest absolute Gasteiger partial charge is 0.462 e.